The van der Waals surface area contributed by atoms with Crippen molar-refractivity contribution in [2.24, 2.45) is 0 Å². The third-order valence-electron chi connectivity index (χ3n) is 3.80. The van der Waals surface area contributed by atoms with Crippen molar-refractivity contribution < 1.29 is 0 Å². The Bertz CT molecular complexity index is 542. The monoisotopic (exact) mass is 252 g/mol. The zero-order valence-corrected chi connectivity index (χ0v) is 11.5. The molecule has 1 aliphatic rings. The molecule has 3 rings (SSSR count). The van der Waals surface area contributed by atoms with E-state index in [9.17, 15) is 0 Å². The van der Waals surface area contributed by atoms with Gasteiger partial charge in [-0.25, -0.2) is 0 Å². The molecule has 0 saturated carbocycles. The molecule has 0 atom stereocenters. The zero-order chi connectivity index (χ0) is 13.1. The number of hydrogen-bond acceptors (Lipinski definition) is 2. The quantitative estimate of drug-likeness (QED) is 0.823. The molecule has 1 aliphatic heterocycles. The summed E-state index contributed by atoms with van der Waals surface area (Å²) in [5.74, 6) is 0. The summed E-state index contributed by atoms with van der Waals surface area (Å²) in [4.78, 5) is 7.34. The van der Waals surface area contributed by atoms with Gasteiger partial charge in [0, 0.05) is 18.7 Å². The van der Waals surface area contributed by atoms with E-state index in [-0.39, 0.29) is 0 Å². The van der Waals surface area contributed by atoms with Gasteiger partial charge in [-0.2, -0.15) is 0 Å². The van der Waals surface area contributed by atoms with Gasteiger partial charge in [0.15, 0.2) is 0 Å². The minimum Gasteiger partial charge on any atom is -0.370 e. The third-order valence-corrected chi connectivity index (χ3v) is 3.80. The summed E-state index contributed by atoms with van der Waals surface area (Å²) in [6.07, 6.45) is 3.61. The Kier molecular flexibility index (Phi) is 3.49. The van der Waals surface area contributed by atoms with Crippen LogP contribution < -0.4 is 4.90 Å². The summed E-state index contributed by atoms with van der Waals surface area (Å²) in [5, 5.41) is 0. The van der Waals surface area contributed by atoms with Gasteiger partial charge in [-0.05, 0) is 31.4 Å². The number of nitrogens with zero attached hydrogens (tertiary/aromatic N) is 2. The lowest BCUT2D eigenvalue weighted by Gasteiger charge is -2.21. The van der Waals surface area contributed by atoms with Crippen LogP contribution in [0.25, 0.3) is 11.3 Å². The number of rotatable bonds is 3. The Labute approximate surface area is 115 Å². The normalized spacial score (nSPS) is 14.9. The fourth-order valence-corrected chi connectivity index (χ4v) is 2.77. The summed E-state index contributed by atoms with van der Waals surface area (Å²) in [5.41, 5.74) is 4.84. The van der Waals surface area contributed by atoms with Gasteiger partial charge in [0.2, 0.25) is 0 Å². The molecule has 0 N–H and O–H groups in total. The van der Waals surface area contributed by atoms with Crippen molar-refractivity contribution in [2.45, 2.75) is 26.2 Å². The summed E-state index contributed by atoms with van der Waals surface area (Å²) >= 11 is 0. The third kappa shape index (κ3) is 2.48. The van der Waals surface area contributed by atoms with E-state index in [1.165, 1.54) is 42.9 Å². The molecule has 2 aromatic rings. The number of hydrogen-bond donors (Lipinski definition) is 0. The summed E-state index contributed by atoms with van der Waals surface area (Å²) in [6.45, 7) is 4.55. The number of benzene rings is 1. The highest BCUT2D eigenvalue weighted by molar-refractivity contribution is 5.63. The molecule has 1 aromatic carbocycles. The molecule has 2 nitrogen and oxygen atoms in total. The fourth-order valence-electron chi connectivity index (χ4n) is 2.77. The maximum atomic E-state index is 4.86. The van der Waals surface area contributed by atoms with E-state index in [1.807, 2.05) is 6.07 Å². The van der Waals surface area contributed by atoms with Crippen molar-refractivity contribution >= 4 is 5.69 Å². The molecule has 1 aromatic heterocycles. The zero-order valence-electron chi connectivity index (χ0n) is 11.5. The van der Waals surface area contributed by atoms with Crippen molar-refractivity contribution in [3.63, 3.8) is 0 Å². The molecule has 1 fully saturated rings. The van der Waals surface area contributed by atoms with Crippen molar-refractivity contribution in [1.82, 2.24) is 4.98 Å². The molecule has 98 valence electrons. The van der Waals surface area contributed by atoms with Crippen LogP contribution in [0.15, 0.2) is 42.5 Å². The predicted octanol–water partition coefficient (Wildman–Crippen LogP) is 3.91. The standard InChI is InChI=1S/C17H20N2/c1-2-15-17(19-12-6-7-13-19)11-10-16(18-15)14-8-4-3-5-9-14/h3-5,8-11H,2,6-7,12-13H2,1H3. The number of pyridine rings is 1. The molecule has 1 saturated heterocycles. The minimum atomic E-state index is 0.993. The number of aryl methyl sites for hydroxylation is 1. The van der Waals surface area contributed by atoms with Gasteiger partial charge in [-0.1, -0.05) is 37.3 Å². The van der Waals surface area contributed by atoms with Crippen molar-refractivity contribution in [3.8, 4) is 11.3 Å². The fraction of sp³-hybridized carbons (Fsp3) is 0.353. The Morgan fingerprint density at radius 2 is 1.74 bits per heavy atom. The summed E-state index contributed by atoms with van der Waals surface area (Å²) < 4.78 is 0. The lowest BCUT2D eigenvalue weighted by Crippen LogP contribution is -2.19. The predicted molar refractivity (Wildman–Crippen MR) is 80.5 cm³/mol. The molecule has 0 spiro atoms. The van der Waals surface area contributed by atoms with Crippen LogP contribution in [-0.4, -0.2) is 18.1 Å². The van der Waals surface area contributed by atoms with Gasteiger partial charge in [-0.15, -0.1) is 0 Å². The van der Waals surface area contributed by atoms with Gasteiger partial charge >= 0.3 is 0 Å². The summed E-state index contributed by atoms with van der Waals surface area (Å²) in [6, 6.07) is 14.8. The van der Waals surface area contributed by atoms with E-state index in [0.29, 0.717) is 0 Å². The molecule has 19 heavy (non-hydrogen) atoms. The van der Waals surface area contributed by atoms with Crippen molar-refractivity contribution in [1.29, 1.82) is 0 Å². The van der Waals surface area contributed by atoms with Gasteiger partial charge in [0.05, 0.1) is 17.1 Å². The minimum absolute atomic E-state index is 0.993. The first kappa shape index (κ1) is 12.2. The molecule has 0 aliphatic carbocycles. The Hall–Kier alpha value is -1.83. The van der Waals surface area contributed by atoms with Gasteiger partial charge in [0.25, 0.3) is 0 Å². The molecule has 0 unspecified atom stereocenters. The van der Waals surface area contributed by atoms with Crippen molar-refractivity contribution in [3.05, 3.63) is 48.2 Å². The average molecular weight is 252 g/mol. The van der Waals surface area contributed by atoms with Crippen LogP contribution in [-0.2, 0) is 6.42 Å². The number of anilines is 1. The van der Waals surface area contributed by atoms with Crippen LogP contribution in [0.5, 0.6) is 0 Å². The van der Waals surface area contributed by atoms with E-state index in [1.54, 1.807) is 0 Å². The smallest absolute Gasteiger partial charge is 0.0706 e. The highest BCUT2D eigenvalue weighted by Gasteiger charge is 2.16. The second-order valence-corrected chi connectivity index (χ2v) is 5.08. The lowest BCUT2D eigenvalue weighted by atomic mass is 10.1. The molecule has 0 radical (unpaired) electrons. The highest BCUT2D eigenvalue weighted by atomic mass is 15.2. The van der Waals surface area contributed by atoms with Crippen LogP contribution >= 0.6 is 0 Å². The van der Waals surface area contributed by atoms with Gasteiger partial charge in [-0.3, -0.25) is 4.98 Å². The van der Waals surface area contributed by atoms with Crippen molar-refractivity contribution in [2.75, 3.05) is 18.0 Å². The maximum Gasteiger partial charge on any atom is 0.0706 e. The van der Waals surface area contributed by atoms with E-state index in [0.717, 1.165) is 12.1 Å². The first-order valence-corrected chi connectivity index (χ1v) is 7.19. The van der Waals surface area contributed by atoms with Crippen LogP contribution in [0.3, 0.4) is 0 Å². The molecular weight excluding hydrogens is 232 g/mol. The maximum absolute atomic E-state index is 4.86. The first-order chi connectivity index (χ1) is 9.38. The topological polar surface area (TPSA) is 16.1 Å². The highest BCUT2D eigenvalue weighted by Crippen LogP contribution is 2.27. The number of aromatic nitrogens is 1. The molecule has 2 heteroatoms. The van der Waals surface area contributed by atoms with Gasteiger partial charge in [0.1, 0.15) is 0 Å². The largest absolute Gasteiger partial charge is 0.370 e. The molecule has 0 amide bonds. The van der Waals surface area contributed by atoms with Crippen LogP contribution in [0, 0.1) is 0 Å². The van der Waals surface area contributed by atoms with E-state index in [4.69, 9.17) is 4.98 Å². The van der Waals surface area contributed by atoms with Crippen LogP contribution in [0.1, 0.15) is 25.5 Å². The Morgan fingerprint density at radius 1 is 1.00 bits per heavy atom. The second kappa shape index (κ2) is 5.43. The molecule has 2 heterocycles. The van der Waals surface area contributed by atoms with E-state index < -0.39 is 0 Å². The SMILES string of the molecule is CCc1nc(-c2ccccc2)ccc1N1CCCC1. The van der Waals surface area contributed by atoms with E-state index >= 15 is 0 Å². The van der Waals surface area contributed by atoms with Crippen LogP contribution in [0.2, 0.25) is 0 Å². The first-order valence-electron chi connectivity index (χ1n) is 7.19. The van der Waals surface area contributed by atoms with Crippen LogP contribution in [0.4, 0.5) is 5.69 Å². The Balaban J connectivity index is 1.97. The second-order valence-electron chi connectivity index (χ2n) is 5.08. The van der Waals surface area contributed by atoms with E-state index in [2.05, 4.69) is 48.2 Å². The molecular formula is C17H20N2. The lowest BCUT2D eigenvalue weighted by molar-refractivity contribution is 0.924. The summed E-state index contributed by atoms with van der Waals surface area (Å²) in [7, 11) is 0. The average Bonchev–Trinajstić information content (AvgIpc) is 3.01. The van der Waals surface area contributed by atoms with Gasteiger partial charge < -0.3 is 4.90 Å². The Morgan fingerprint density at radius 3 is 2.42 bits per heavy atom. The molecule has 0 bridgehead atoms.